The van der Waals surface area contributed by atoms with Crippen LogP contribution in [0, 0.1) is 0 Å². The molecule has 0 aromatic rings. The minimum Gasteiger partial charge on any atom is -0.383 e. The van der Waals surface area contributed by atoms with Crippen molar-refractivity contribution in [2.24, 2.45) is 0 Å². The highest BCUT2D eigenvalue weighted by atomic mass is 16.5. The second-order valence-electron chi connectivity index (χ2n) is 4.71. The number of hydrogen-bond donors (Lipinski definition) is 1. The van der Waals surface area contributed by atoms with Gasteiger partial charge in [-0.2, -0.15) is 0 Å². The molecule has 0 aromatic carbocycles. The summed E-state index contributed by atoms with van der Waals surface area (Å²) in [5, 5.41) is 3.55. The van der Waals surface area contributed by atoms with Crippen molar-refractivity contribution in [2.75, 3.05) is 60.0 Å². The molecule has 0 spiro atoms. The molecule has 4 nitrogen and oxygen atoms in total. The Morgan fingerprint density at radius 3 is 2.50 bits per heavy atom. The van der Waals surface area contributed by atoms with Crippen LogP contribution in [0.3, 0.4) is 0 Å². The summed E-state index contributed by atoms with van der Waals surface area (Å²) in [6.45, 7) is 9.96. The largest absolute Gasteiger partial charge is 0.383 e. The molecule has 0 amide bonds. The zero-order valence-electron chi connectivity index (χ0n) is 11.0. The van der Waals surface area contributed by atoms with Crippen molar-refractivity contribution >= 4 is 0 Å². The fourth-order valence-corrected chi connectivity index (χ4v) is 2.07. The van der Waals surface area contributed by atoms with Gasteiger partial charge in [0.25, 0.3) is 0 Å². The molecule has 96 valence electrons. The van der Waals surface area contributed by atoms with Gasteiger partial charge in [0.2, 0.25) is 0 Å². The first kappa shape index (κ1) is 13.9. The zero-order valence-corrected chi connectivity index (χ0v) is 11.0. The van der Waals surface area contributed by atoms with Gasteiger partial charge in [0.1, 0.15) is 0 Å². The number of likely N-dealkylation sites (N-methyl/N-ethyl adjacent to an activating group) is 1. The molecular weight excluding hydrogens is 202 g/mol. The summed E-state index contributed by atoms with van der Waals surface area (Å²) >= 11 is 0. The first-order valence-corrected chi connectivity index (χ1v) is 6.39. The first-order chi connectivity index (χ1) is 7.76. The molecule has 1 aliphatic heterocycles. The van der Waals surface area contributed by atoms with E-state index in [1.54, 1.807) is 7.11 Å². The summed E-state index contributed by atoms with van der Waals surface area (Å²) in [4.78, 5) is 4.92. The van der Waals surface area contributed by atoms with Gasteiger partial charge in [-0.05, 0) is 20.0 Å². The van der Waals surface area contributed by atoms with Crippen LogP contribution in [0.25, 0.3) is 0 Å². The van der Waals surface area contributed by atoms with Crippen LogP contribution in [0.5, 0.6) is 0 Å². The summed E-state index contributed by atoms with van der Waals surface area (Å²) < 4.78 is 5.26. The molecule has 0 bridgehead atoms. The molecule has 0 saturated carbocycles. The van der Waals surface area contributed by atoms with Gasteiger partial charge in [0.05, 0.1) is 6.61 Å². The van der Waals surface area contributed by atoms with E-state index in [4.69, 9.17) is 4.74 Å². The minimum atomic E-state index is 0.480. The fourth-order valence-electron chi connectivity index (χ4n) is 2.07. The molecule has 1 fully saturated rings. The third-order valence-electron chi connectivity index (χ3n) is 3.13. The zero-order chi connectivity index (χ0) is 11.8. The highest BCUT2D eigenvalue weighted by Crippen LogP contribution is 2.01. The predicted molar refractivity (Wildman–Crippen MR) is 67.9 cm³/mol. The van der Waals surface area contributed by atoms with Gasteiger partial charge < -0.3 is 15.0 Å². The quantitative estimate of drug-likeness (QED) is 0.677. The molecule has 1 atom stereocenters. The topological polar surface area (TPSA) is 27.7 Å². The number of ether oxygens (including phenoxy) is 1. The van der Waals surface area contributed by atoms with Crippen LogP contribution in [-0.4, -0.2) is 75.9 Å². The van der Waals surface area contributed by atoms with E-state index in [-0.39, 0.29) is 0 Å². The van der Waals surface area contributed by atoms with Crippen LogP contribution >= 0.6 is 0 Å². The maximum atomic E-state index is 5.26. The first-order valence-electron chi connectivity index (χ1n) is 6.39. The van der Waals surface area contributed by atoms with Crippen LogP contribution < -0.4 is 5.32 Å². The van der Waals surface area contributed by atoms with Crippen molar-refractivity contribution in [1.29, 1.82) is 0 Å². The molecule has 1 N–H and O–H groups in total. The van der Waals surface area contributed by atoms with Gasteiger partial charge in [-0.15, -0.1) is 0 Å². The van der Waals surface area contributed by atoms with Gasteiger partial charge in [0.15, 0.2) is 0 Å². The van der Waals surface area contributed by atoms with Gasteiger partial charge in [-0.1, -0.05) is 6.92 Å². The lowest BCUT2D eigenvalue weighted by atomic mass is 10.2. The second kappa shape index (κ2) is 8.01. The van der Waals surface area contributed by atoms with Crippen LogP contribution in [0.2, 0.25) is 0 Å². The Morgan fingerprint density at radius 1 is 1.25 bits per heavy atom. The van der Waals surface area contributed by atoms with E-state index < -0.39 is 0 Å². The lowest BCUT2D eigenvalue weighted by Crippen LogP contribution is -2.50. The van der Waals surface area contributed by atoms with Crippen LogP contribution in [0.15, 0.2) is 0 Å². The molecule has 1 unspecified atom stereocenters. The van der Waals surface area contributed by atoms with Crippen molar-refractivity contribution in [2.45, 2.75) is 19.4 Å². The van der Waals surface area contributed by atoms with Gasteiger partial charge in [0, 0.05) is 45.9 Å². The van der Waals surface area contributed by atoms with Gasteiger partial charge in [-0.3, -0.25) is 4.90 Å². The van der Waals surface area contributed by atoms with Crippen LogP contribution in [-0.2, 0) is 4.74 Å². The Balaban J connectivity index is 2.24. The van der Waals surface area contributed by atoms with Crippen molar-refractivity contribution in [3.63, 3.8) is 0 Å². The SMILES string of the molecule is CCCNC(COC)CN1CCN(C)CC1. The van der Waals surface area contributed by atoms with Crippen molar-refractivity contribution in [1.82, 2.24) is 15.1 Å². The molecule has 0 aromatic heterocycles. The Labute approximate surface area is 99.9 Å². The van der Waals surface area contributed by atoms with Crippen molar-refractivity contribution in [3.8, 4) is 0 Å². The van der Waals surface area contributed by atoms with E-state index in [0.29, 0.717) is 6.04 Å². The number of nitrogens with one attached hydrogen (secondary N) is 1. The Morgan fingerprint density at radius 2 is 1.94 bits per heavy atom. The van der Waals surface area contributed by atoms with Crippen molar-refractivity contribution < 1.29 is 4.74 Å². The van der Waals surface area contributed by atoms with Crippen molar-refractivity contribution in [3.05, 3.63) is 0 Å². The van der Waals surface area contributed by atoms with E-state index in [9.17, 15) is 0 Å². The average Bonchev–Trinajstić information content (AvgIpc) is 2.29. The molecule has 0 radical (unpaired) electrons. The number of methoxy groups -OCH3 is 1. The third-order valence-corrected chi connectivity index (χ3v) is 3.13. The molecule has 0 aliphatic carbocycles. The van der Waals surface area contributed by atoms with E-state index in [2.05, 4.69) is 29.1 Å². The highest BCUT2D eigenvalue weighted by molar-refractivity contribution is 4.76. The molecule has 1 rings (SSSR count). The Hall–Kier alpha value is -0.160. The molecule has 4 heteroatoms. The second-order valence-corrected chi connectivity index (χ2v) is 4.71. The molecule has 1 aliphatic rings. The number of nitrogens with zero attached hydrogens (tertiary/aromatic N) is 2. The average molecular weight is 229 g/mol. The van der Waals surface area contributed by atoms with Gasteiger partial charge >= 0.3 is 0 Å². The summed E-state index contributed by atoms with van der Waals surface area (Å²) in [5.41, 5.74) is 0. The number of rotatable bonds is 7. The molecule has 1 heterocycles. The van der Waals surface area contributed by atoms with Crippen LogP contribution in [0.1, 0.15) is 13.3 Å². The minimum absolute atomic E-state index is 0.480. The standard InChI is InChI=1S/C12H27N3O/c1-4-5-13-12(11-16-3)10-15-8-6-14(2)7-9-15/h12-13H,4-11H2,1-3H3. The van der Waals surface area contributed by atoms with E-state index in [0.717, 1.165) is 19.7 Å². The molecule has 1 saturated heterocycles. The summed E-state index contributed by atoms with van der Waals surface area (Å²) in [5.74, 6) is 0. The molecule has 16 heavy (non-hydrogen) atoms. The highest BCUT2D eigenvalue weighted by Gasteiger charge is 2.17. The number of hydrogen-bond acceptors (Lipinski definition) is 4. The summed E-state index contributed by atoms with van der Waals surface area (Å²) in [7, 11) is 3.98. The summed E-state index contributed by atoms with van der Waals surface area (Å²) in [6, 6.07) is 0.480. The summed E-state index contributed by atoms with van der Waals surface area (Å²) in [6.07, 6.45) is 1.18. The maximum absolute atomic E-state index is 5.26. The van der Waals surface area contributed by atoms with Crippen LogP contribution in [0.4, 0.5) is 0 Å². The van der Waals surface area contributed by atoms with Gasteiger partial charge in [-0.25, -0.2) is 0 Å². The fraction of sp³-hybridized carbons (Fsp3) is 1.00. The lowest BCUT2D eigenvalue weighted by molar-refractivity contribution is 0.108. The number of piperazine rings is 1. The maximum Gasteiger partial charge on any atom is 0.0628 e. The monoisotopic (exact) mass is 229 g/mol. The van der Waals surface area contributed by atoms with E-state index >= 15 is 0 Å². The Kier molecular flexibility index (Phi) is 6.96. The normalized spacial score (nSPS) is 21.2. The lowest BCUT2D eigenvalue weighted by Gasteiger charge is -2.34. The van der Waals surface area contributed by atoms with E-state index in [1.807, 2.05) is 0 Å². The smallest absolute Gasteiger partial charge is 0.0628 e. The third kappa shape index (κ3) is 5.25. The Bertz CT molecular complexity index is 170. The predicted octanol–water partition coefficient (Wildman–Crippen LogP) is 0.248. The molecular formula is C12H27N3O. The van der Waals surface area contributed by atoms with E-state index in [1.165, 1.54) is 32.6 Å².